The van der Waals surface area contributed by atoms with E-state index >= 15 is 0 Å². The summed E-state index contributed by atoms with van der Waals surface area (Å²) in [7, 11) is -2.04. The Morgan fingerprint density at radius 2 is 2.08 bits per heavy atom. The molecule has 2 nitrogen and oxygen atoms in total. The maximum atomic E-state index is 5.69. The molecule has 0 amide bonds. The average molecular weight is 188 g/mol. The molecule has 0 aromatic carbocycles. The molecule has 1 atom stereocenters. The normalized spacial score (nSPS) is 16.1. The second-order valence-corrected chi connectivity index (χ2v) is 6.20. The summed E-state index contributed by atoms with van der Waals surface area (Å²) in [5.41, 5.74) is 1.84. The Balaban J connectivity index is 3.95. The van der Waals surface area contributed by atoms with Crippen molar-refractivity contribution in [1.82, 2.24) is 0 Å². The number of rotatable bonds is 6. The lowest BCUT2D eigenvalue weighted by Gasteiger charge is -2.25. The molecule has 0 N–H and O–H groups in total. The fraction of sp³-hybridized carbons (Fsp3) is 0.778. The van der Waals surface area contributed by atoms with Gasteiger partial charge >= 0.3 is 8.56 Å². The summed E-state index contributed by atoms with van der Waals surface area (Å²) in [5, 5.41) is 0. The molecular formula is C9H20O2Si. The van der Waals surface area contributed by atoms with E-state index in [2.05, 4.69) is 13.5 Å². The van der Waals surface area contributed by atoms with Crippen LogP contribution in [0, 0.1) is 0 Å². The van der Waals surface area contributed by atoms with Gasteiger partial charge in [-0.1, -0.05) is 6.92 Å². The highest BCUT2D eigenvalue weighted by atomic mass is 28.4. The van der Waals surface area contributed by atoms with Crippen LogP contribution in [-0.4, -0.2) is 21.3 Å². The molecule has 0 aromatic rings. The summed E-state index contributed by atoms with van der Waals surface area (Å²) in [6.07, 6.45) is 1.24. The van der Waals surface area contributed by atoms with Crippen LogP contribution in [0.25, 0.3) is 0 Å². The average Bonchev–Trinajstić information content (AvgIpc) is 2.00. The van der Waals surface area contributed by atoms with Gasteiger partial charge in [0.2, 0.25) is 0 Å². The van der Waals surface area contributed by atoms with Crippen LogP contribution in [0.2, 0.25) is 6.55 Å². The highest BCUT2D eigenvalue weighted by molar-refractivity contribution is 6.71. The number of hydrogen-bond acceptors (Lipinski definition) is 2. The highest BCUT2D eigenvalue weighted by Gasteiger charge is 2.28. The predicted molar refractivity (Wildman–Crippen MR) is 54.3 cm³/mol. The van der Waals surface area contributed by atoms with Crippen LogP contribution < -0.4 is 0 Å². The fourth-order valence-electron chi connectivity index (χ4n) is 0.914. The molecule has 0 rings (SSSR count). The summed E-state index contributed by atoms with van der Waals surface area (Å²) in [4.78, 5) is 0. The minimum Gasteiger partial charge on any atom is -0.391 e. The van der Waals surface area contributed by atoms with Crippen molar-refractivity contribution < 1.29 is 8.85 Å². The van der Waals surface area contributed by atoms with Crippen molar-refractivity contribution in [2.24, 2.45) is 0 Å². The SMILES string of the molecule is C=C[Si](C)(OCCC)OC(C)C. The highest BCUT2D eigenvalue weighted by Crippen LogP contribution is 2.11. The molecule has 0 radical (unpaired) electrons. The summed E-state index contributed by atoms with van der Waals surface area (Å²) in [6, 6.07) is 0. The van der Waals surface area contributed by atoms with Crippen molar-refractivity contribution in [3.8, 4) is 0 Å². The Labute approximate surface area is 76.8 Å². The predicted octanol–water partition coefficient (Wildman–Crippen LogP) is 2.64. The first-order valence-electron chi connectivity index (χ1n) is 4.49. The Hall–Kier alpha value is -0.123. The molecule has 0 fully saturated rings. The first-order valence-corrected chi connectivity index (χ1v) is 6.89. The van der Waals surface area contributed by atoms with Gasteiger partial charge < -0.3 is 8.85 Å². The van der Waals surface area contributed by atoms with E-state index in [9.17, 15) is 0 Å². The van der Waals surface area contributed by atoms with Crippen molar-refractivity contribution in [2.45, 2.75) is 39.8 Å². The van der Waals surface area contributed by atoms with Crippen LogP contribution in [0.1, 0.15) is 27.2 Å². The Kier molecular flexibility index (Phi) is 5.45. The first-order chi connectivity index (χ1) is 5.54. The maximum Gasteiger partial charge on any atom is 0.361 e. The molecule has 12 heavy (non-hydrogen) atoms. The summed E-state index contributed by atoms with van der Waals surface area (Å²) in [5.74, 6) is 0. The second-order valence-electron chi connectivity index (χ2n) is 3.24. The van der Waals surface area contributed by atoms with Crippen LogP contribution in [0.5, 0.6) is 0 Å². The molecule has 0 spiro atoms. The van der Waals surface area contributed by atoms with Gasteiger partial charge in [0.1, 0.15) is 0 Å². The third-order valence-electron chi connectivity index (χ3n) is 1.43. The third kappa shape index (κ3) is 4.69. The summed E-state index contributed by atoms with van der Waals surface area (Å²) >= 11 is 0. The molecule has 0 saturated carbocycles. The molecule has 0 heterocycles. The minimum atomic E-state index is -2.04. The summed E-state index contributed by atoms with van der Waals surface area (Å²) in [6.45, 7) is 12.7. The number of hydrogen-bond donors (Lipinski definition) is 0. The second kappa shape index (κ2) is 5.51. The first kappa shape index (κ1) is 11.9. The Morgan fingerprint density at radius 1 is 1.50 bits per heavy atom. The molecule has 3 heteroatoms. The molecule has 1 unspecified atom stereocenters. The van der Waals surface area contributed by atoms with Gasteiger partial charge in [0, 0.05) is 12.7 Å². The van der Waals surface area contributed by atoms with Crippen LogP contribution in [0.3, 0.4) is 0 Å². The maximum absolute atomic E-state index is 5.69. The van der Waals surface area contributed by atoms with Gasteiger partial charge in [0.15, 0.2) is 0 Å². The van der Waals surface area contributed by atoms with Gasteiger partial charge in [-0.3, -0.25) is 0 Å². The molecule has 72 valence electrons. The van der Waals surface area contributed by atoms with Gasteiger partial charge in [0.25, 0.3) is 0 Å². The van der Waals surface area contributed by atoms with Gasteiger partial charge in [-0.05, 0) is 32.5 Å². The largest absolute Gasteiger partial charge is 0.391 e. The quantitative estimate of drug-likeness (QED) is 0.597. The monoisotopic (exact) mass is 188 g/mol. The van der Waals surface area contributed by atoms with Gasteiger partial charge in [-0.2, -0.15) is 0 Å². The van der Waals surface area contributed by atoms with Crippen molar-refractivity contribution in [3.05, 3.63) is 12.3 Å². The van der Waals surface area contributed by atoms with E-state index in [4.69, 9.17) is 8.85 Å². The van der Waals surface area contributed by atoms with E-state index in [1.807, 2.05) is 26.1 Å². The Bertz CT molecular complexity index is 136. The summed E-state index contributed by atoms with van der Waals surface area (Å²) < 4.78 is 11.3. The molecular weight excluding hydrogens is 168 g/mol. The smallest absolute Gasteiger partial charge is 0.361 e. The lowest BCUT2D eigenvalue weighted by Crippen LogP contribution is -2.39. The van der Waals surface area contributed by atoms with Gasteiger partial charge in [-0.25, -0.2) is 0 Å². The lowest BCUT2D eigenvalue weighted by molar-refractivity contribution is 0.146. The van der Waals surface area contributed by atoms with Gasteiger partial charge in [0.05, 0.1) is 0 Å². The van der Waals surface area contributed by atoms with Crippen molar-refractivity contribution >= 4 is 8.56 Å². The lowest BCUT2D eigenvalue weighted by atomic mass is 10.5. The van der Waals surface area contributed by atoms with Crippen molar-refractivity contribution in [3.63, 3.8) is 0 Å². The molecule has 0 aliphatic heterocycles. The van der Waals surface area contributed by atoms with E-state index in [-0.39, 0.29) is 6.10 Å². The zero-order chi connectivity index (χ0) is 9.61. The molecule has 0 aliphatic rings. The van der Waals surface area contributed by atoms with Crippen molar-refractivity contribution in [2.75, 3.05) is 6.61 Å². The topological polar surface area (TPSA) is 18.5 Å². The zero-order valence-electron chi connectivity index (χ0n) is 8.59. The standard InChI is InChI=1S/C9H20O2Si/c1-6-8-10-12(5,7-2)11-9(3)4/h7,9H,2,6,8H2,1,3-5H3. The Morgan fingerprint density at radius 3 is 2.42 bits per heavy atom. The molecule has 0 aliphatic carbocycles. The van der Waals surface area contributed by atoms with E-state index < -0.39 is 8.56 Å². The van der Waals surface area contributed by atoms with Crippen LogP contribution in [-0.2, 0) is 8.85 Å². The fourth-order valence-corrected chi connectivity index (χ4v) is 2.74. The van der Waals surface area contributed by atoms with Crippen LogP contribution in [0.15, 0.2) is 12.3 Å². The molecule has 0 aromatic heterocycles. The van der Waals surface area contributed by atoms with Gasteiger partial charge in [-0.15, -0.1) is 6.58 Å². The molecule has 0 saturated heterocycles. The third-order valence-corrected chi connectivity index (χ3v) is 3.89. The van der Waals surface area contributed by atoms with E-state index in [1.54, 1.807) is 0 Å². The molecule has 0 bridgehead atoms. The van der Waals surface area contributed by atoms with E-state index in [0.717, 1.165) is 13.0 Å². The van der Waals surface area contributed by atoms with Crippen LogP contribution in [0.4, 0.5) is 0 Å². The van der Waals surface area contributed by atoms with E-state index in [0.29, 0.717) is 0 Å². The van der Waals surface area contributed by atoms with E-state index in [1.165, 1.54) is 0 Å². The van der Waals surface area contributed by atoms with Crippen LogP contribution >= 0.6 is 0 Å². The van der Waals surface area contributed by atoms with Crippen molar-refractivity contribution in [1.29, 1.82) is 0 Å². The zero-order valence-corrected chi connectivity index (χ0v) is 9.59. The minimum absolute atomic E-state index is 0.219.